The normalized spacial score (nSPS) is 12.6. The molecule has 4 rings (SSSR count). The zero-order chi connectivity index (χ0) is 19.0. The summed E-state index contributed by atoms with van der Waals surface area (Å²) >= 11 is 13.3. The fourth-order valence-electron chi connectivity index (χ4n) is 3.35. The van der Waals surface area contributed by atoms with Crippen molar-refractivity contribution in [2.45, 2.75) is 12.6 Å². The fraction of sp³-hybridized carbons (Fsp3) is 0.143. The number of hydrogen-bond acceptors (Lipinski definition) is 2. The second-order valence-electron chi connectivity index (χ2n) is 6.45. The molecule has 0 aliphatic rings. The first-order valence-electron chi connectivity index (χ1n) is 8.56. The summed E-state index contributed by atoms with van der Waals surface area (Å²) in [4.78, 5) is 0. The molecule has 6 heteroatoms. The van der Waals surface area contributed by atoms with E-state index in [9.17, 15) is 5.11 Å². The van der Waals surface area contributed by atoms with Crippen LogP contribution in [0.2, 0.25) is 5.02 Å². The Morgan fingerprint density at radius 3 is 2.11 bits per heavy atom. The minimum Gasteiger partial charge on any atom is -0.389 e. The van der Waals surface area contributed by atoms with E-state index in [1.54, 1.807) is 0 Å². The lowest BCUT2D eigenvalue weighted by Gasteiger charge is -2.16. The molecule has 3 aromatic carbocycles. The molecule has 0 saturated carbocycles. The largest absolute Gasteiger partial charge is 0.389 e. The lowest BCUT2D eigenvalue weighted by molar-refractivity contribution is 0.169. The Labute approximate surface area is 179 Å². The van der Waals surface area contributed by atoms with Crippen LogP contribution in [0.15, 0.2) is 69.6 Å². The average Bonchev–Trinajstić information content (AvgIpc) is 2.93. The van der Waals surface area contributed by atoms with Crippen molar-refractivity contribution in [3.63, 3.8) is 0 Å². The highest BCUT2D eigenvalue weighted by Crippen LogP contribution is 2.33. The second-order valence-corrected chi connectivity index (χ2v) is 8.69. The van der Waals surface area contributed by atoms with E-state index in [0.29, 0.717) is 18.1 Å². The SMILES string of the molecule is O[C@@H](CNc1ccccc1Cl)Cn1c2ccc(Br)cc2c2cc(Br)ccc21. The summed E-state index contributed by atoms with van der Waals surface area (Å²) in [6.45, 7) is 0.901. The number of fused-ring (bicyclic) bond motifs is 3. The molecule has 0 bridgehead atoms. The van der Waals surface area contributed by atoms with Gasteiger partial charge in [-0.2, -0.15) is 0 Å². The lowest BCUT2D eigenvalue weighted by Crippen LogP contribution is -2.24. The summed E-state index contributed by atoms with van der Waals surface area (Å²) in [5.74, 6) is 0. The molecule has 0 saturated heterocycles. The summed E-state index contributed by atoms with van der Waals surface area (Å²) in [5, 5.41) is 16.9. The van der Waals surface area contributed by atoms with Crippen molar-refractivity contribution < 1.29 is 5.11 Å². The van der Waals surface area contributed by atoms with E-state index in [-0.39, 0.29) is 0 Å². The molecule has 1 atom stereocenters. The quantitative estimate of drug-likeness (QED) is 0.325. The Balaban J connectivity index is 1.65. The first-order chi connectivity index (χ1) is 13.0. The monoisotopic (exact) mass is 506 g/mol. The standard InChI is InChI=1S/C21H17Br2ClN2O/c22-13-5-7-20-16(9-13)17-10-14(23)6-8-21(17)26(20)12-15(27)11-25-19-4-2-1-3-18(19)24/h1-10,15,25,27H,11-12H2/t15-/m0/s1. The predicted octanol–water partition coefficient (Wildman–Crippen LogP) is 6.45. The third kappa shape index (κ3) is 3.87. The van der Waals surface area contributed by atoms with Crippen LogP contribution in [-0.2, 0) is 6.54 Å². The molecule has 1 heterocycles. The predicted molar refractivity (Wildman–Crippen MR) is 121 cm³/mol. The first-order valence-corrected chi connectivity index (χ1v) is 10.5. The number of nitrogens with zero attached hydrogens (tertiary/aromatic N) is 1. The van der Waals surface area contributed by atoms with Gasteiger partial charge in [-0.3, -0.25) is 0 Å². The van der Waals surface area contributed by atoms with E-state index in [1.807, 2.05) is 36.4 Å². The molecule has 0 unspecified atom stereocenters. The molecule has 1 aromatic heterocycles. The Kier molecular flexibility index (Phi) is 5.46. The van der Waals surface area contributed by atoms with Crippen LogP contribution in [0.5, 0.6) is 0 Å². The topological polar surface area (TPSA) is 37.2 Å². The van der Waals surface area contributed by atoms with Gasteiger partial charge in [0, 0.05) is 37.3 Å². The lowest BCUT2D eigenvalue weighted by atomic mass is 10.2. The van der Waals surface area contributed by atoms with Gasteiger partial charge < -0.3 is 15.0 Å². The molecule has 138 valence electrons. The molecular formula is C21H17Br2ClN2O. The molecule has 2 N–H and O–H groups in total. The zero-order valence-electron chi connectivity index (χ0n) is 14.3. The smallest absolute Gasteiger partial charge is 0.0891 e. The third-order valence-electron chi connectivity index (χ3n) is 4.58. The summed E-state index contributed by atoms with van der Waals surface area (Å²) in [6, 6.07) is 20.0. The van der Waals surface area contributed by atoms with E-state index < -0.39 is 6.10 Å². The number of hydrogen-bond donors (Lipinski definition) is 2. The Bertz CT molecular complexity index is 1070. The maximum absolute atomic E-state index is 10.7. The van der Waals surface area contributed by atoms with E-state index >= 15 is 0 Å². The molecule has 0 amide bonds. The number of rotatable bonds is 5. The molecule has 0 radical (unpaired) electrons. The van der Waals surface area contributed by atoms with Crippen LogP contribution in [0.4, 0.5) is 5.69 Å². The van der Waals surface area contributed by atoms with E-state index in [4.69, 9.17) is 11.6 Å². The first kappa shape index (κ1) is 18.8. The number of aromatic nitrogens is 1. The van der Waals surface area contributed by atoms with Gasteiger partial charge in [0.05, 0.1) is 23.4 Å². The highest BCUT2D eigenvalue weighted by atomic mass is 79.9. The summed E-state index contributed by atoms with van der Waals surface area (Å²) < 4.78 is 4.24. The average molecular weight is 509 g/mol. The van der Waals surface area contributed by atoms with Crippen molar-refractivity contribution in [3.05, 3.63) is 74.6 Å². The molecule has 4 aromatic rings. The van der Waals surface area contributed by atoms with E-state index in [0.717, 1.165) is 36.4 Å². The molecule has 3 nitrogen and oxygen atoms in total. The number of anilines is 1. The number of aliphatic hydroxyl groups is 1. The highest BCUT2D eigenvalue weighted by molar-refractivity contribution is 9.10. The number of halogens is 3. The minimum atomic E-state index is -0.563. The van der Waals surface area contributed by atoms with Crippen molar-refractivity contribution in [2.75, 3.05) is 11.9 Å². The van der Waals surface area contributed by atoms with Crippen LogP contribution in [0.3, 0.4) is 0 Å². The van der Waals surface area contributed by atoms with Crippen LogP contribution < -0.4 is 5.32 Å². The van der Waals surface area contributed by atoms with Gasteiger partial charge >= 0.3 is 0 Å². The van der Waals surface area contributed by atoms with Crippen LogP contribution in [0.1, 0.15) is 0 Å². The van der Waals surface area contributed by atoms with Crippen molar-refractivity contribution in [1.82, 2.24) is 4.57 Å². The highest BCUT2D eigenvalue weighted by Gasteiger charge is 2.15. The van der Waals surface area contributed by atoms with Crippen LogP contribution in [-0.4, -0.2) is 22.3 Å². The number of nitrogens with one attached hydrogen (secondary N) is 1. The van der Waals surface area contributed by atoms with Crippen molar-refractivity contribution in [3.8, 4) is 0 Å². The van der Waals surface area contributed by atoms with Crippen molar-refractivity contribution in [1.29, 1.82) is 0 Å². The molecule has 0 fully saturated rings. The van der Waals surface area contributed by atoms with E-state index in [2.05, 4.69) is 66.0 Å². The summed E-state index contributed by atoms with van der Waals surface area (Å²) in [6.07, 6.45) is -0.563. The van der Waals surface area contributed by atoms with Gasteiger partial charge in [0.1, 0.15) is 0 Å². The van der Waals surface area contributed by atoms with Gasteiger partial charge in [0.15, 0.2) is 0 Å². The van der Waals surface area contributed by atoms with E-state index in [1.165, 1.54) is 0 Å². The van der Waals surface area contributed by atoms with Crippen LogP contribution >= 0.6 is 43.5 Å². The van der Waals surface area contributed by atoms with Crippen LogP contribution in [0, 0.1) is 0 Å². The maximum atomic E-state index is 10.7. The number of aliphatic hydroxyl groups excluding tert-OH is 1. The summed E-state index contributed by atoms with van der Waals surface area (Å²) in [7, 11) is 0. The van der Waals surface area contributed by atoms with Crippen molar-refractivity contribution in [2.24, 2.45) is 0 Å². The fourth-order valence-corrected chi connectivity index (χ4v) is 4.28. The Morgan fingerprint density at radius 1 is 0.926 bits per heavy atom. The van der Waals surface area contributed by atoms with Gasteiger partial charge in [-0.05, 0) is 48.5 Å². The summed E-state index contributed by atoms with van der Waals surface area (Å²) in [5.41, 5.74) is 3.03. The molecular weight excluding hydrogens is 492 g/mol. The van der Waals surface area contributed by atoms with Crippen LogP contribution in [0.25, 0.3) is 21.8 Å². The van der Waals surface area contributed by atoms with Gasteiger partial charge in [0.2, 0.25) is 0 Å². The molecule has 0 aliphatic carbocycles. The maximum Gasteiger partial charge on any atom is 0.0891 e. The van der Waals surface area contributed by atoms with Crippen molar-refractivity contribution >= 4 is 71.0 Å². The molecule has 27 heavy (non-hydrogen) atoms. The molecule has 0 aliphatic heterocycles. The number of para-hydroxylation sites is 1. The Hall–Kier alpha value is -1.53. The minimum absolute atomic E-state index is 0.415. The van der Waals surface area contributed by atoms with Gasteiger partial charge in [-0.1, -0.05) is 55.6 Å². The Morgan fingerprint density at radius 2 is 1.52 bits per heavy atom. The van der Waals surface area contributed by atoms with Gasteiger partial charge in [-0.15, -0.1) is 0 Å². The third-order valence-corrected chi connectivity index (χ3v) is 5.90. The molecule has 0 spiro atoms. The number of benzene rings is 3. The van der Waals surface area contributed by atoms with Gasteiger partial charge in [-0.25, -0.2) is 0 Å². The second kappa shape index (κ2) is 7.84. The van der Waals surface area contributed by atoms with Gasteiger partial charge in [0.25, 0.3) is 0 Å². The zero-order valence-corrected chi connectivity index (χ0v) is 18.2.